The van der Waals surface area contributed by atoms with Crippen molar-refractivity contribution in [1.29, 1.82) is 0 Å². The lowest BCUT2D eigenvalue weighted by Gasteiger charge is -2.17. The van der Waals surface area contributed by atoms with Crippen LogP contribution in [0.1, 0.15) is 11.1 Å². The van der Waals surface area contributed by atoms with Crippen LogP contribution in [0.4, 0.5) is 13.2 Å². The molecule has 2 aromatic carbocycles. The summed E-state index contributed by atoms with van der Waals surface area (Å²) in [6.07, 6.45) is 0.928. The number of likely N-dealkylation sites (N-methyl/N-ethyl adjacent to an activating group) is 1. The monoisotopic (exact) mass is 357 g/mol. The molecule has 1 atom stereocenters. The number of hydrogen-bond acceptors (Lipinski definition) is 1. The highest BCUT2D eigenvalue weighted by molar-refractivity contribution is 9.10. The standard InChI is InChI=1S/C16H15BrF3N/c1-21-14(7-10-2-3-13(19)9-16(10)20)8-11-6-12(18)4-5-15(11)17/h2-6,9,14,21H,7-8H2,1H3. The molecule has 0 aliphatic carbocycles. The zero-order chi connectivity index (χ0) is 15.4. The molecule has 0 aromatic heterocycles. The molecule has 112 valence electrons. The van der Waals surface area contributed by atoms with Crippen LogP contribution < -0.4 is 5.32 Å². The predicted molar refractivity (Wildman–Crippen MR) is 80.7 cm³/mol. The Morgan fingerprint density at radius 2 is 1.57 bits per heavy atom. The van der Waals surface area contributed by atoms with Crippen LogP contribution in [-0.4, -0.2) is 13.1 Å². The average Bonchev–Trinajstić information content (AvgIpc) is 2.44. The first-order valence-electron chi connectivity index (χ1n) is 6.54. The average molecular weight is 358 g/mol. The van der Waals surface area contributed by atoms with Gasteiger partial charge in [0, 0.05) is 16.6 Å². The van der Waals surface area contributed by atoms with Gasteiger partial charge in [-0.15, -0.1) is 0 Å². The molecular weight excluding hydrogens is 343 g/mol. The molecule has 1 nitrogen and oxygen atoms in total. The second-order valence-electron chi connectivity index (χ2n) is 4.87. The lowest BCUT2D eigenvalue weighted by molar-refractivity contribution is 0.522. The van der Waals surface area contributed by atoms with E-state index in [4.69, 9.17) is 0 Å². The Kier molecular flexibility index (Phi) is 5.42. The summed E-state index contributed by atoms with van der Waals surface area (Å²) >= 11 is 3.38. The van der Waals surface area contributed by atoms with E-state index in [0.717, 1.165) is 16.1 Å². The molecule has 5 heteroatoms. The first-order valence-corrected chi connectivity index (χ1v) is 7.34. The predicted octanol–water partition coefficient (Wildman–Crippen LogP) is 4.24. The van der Waals surface area contributed by atoms with Gasteiger partial charge in [-0.3, -0.25) is 0 Å². The molecule has 0 saturated heterocycles. The van der Waals surface area contributed by atoms with Gasteiger partial charge in [0.2, 0.25) is 0 Å². The van der Waals surface area contributed by atoms with E-state index in [1.807, 2.05) is 0 Å². The SMILES string of the molecule is CNC(Cc1ccc(F)cc1F)Cc1cc(F)ccc1Br. The molecule has 2 rings (SSSR count). The first kappa shape index (κ1) is 16.0. The van der Waals surface area contributed by atoms with Gasteiger partial charge in [0.15, 0.2) is 0 Å². The highest BCUT2D eigenvalue weighted by atomic mass is 79.9. The van der Waals surface area contributed by atoms with Gasteiger partial charge in [0.05, 0.1) is 0 Å². The van der Waals surface area contributed by atoms with Gasteiger partial charge in [-0.2, -0.15) is 0 Å². The number of hydrogen-bond donors (Lipinski definition) is 1. The fraction of sp³-hybridized carbons (Fsp3) is 0.250. The smallest absolute Gasteiger partial charge is 0.129 e. The Bertz CT molecular complexity index is 631. The second-order valence-corrected chi connectivity index (χ2v) is 5.72. The van der Waals surface area contributed by atoms with Crippen molar-refractivity contribution in [3.05, 3.63) is 69.4 Å². The van der Waals surface area contributed by atoms with Crippen LogP contribution in [0.25, 0.3) is 0 Å². The third kappa shape index (κ3) is 4.32. The van der Waals surface area contributed by atoms with Crippen LogP contribution in [0.15, 0.2) is 40.9 Å². The summed E-state index contributed by atoms with van der Waals surface area (Å²) in [5.74, 6) is -1.46. The third-order valence-corrected chi connectivity index (χ3v) is 4.14. The maximum absolute atomic E-state index is 13.7. The van der Waals surface area contributed by atoms with Gasteiger partial charge in [0.1, 0.15) is 17.5 Å². The number of nitrogens with one attached hydrogen (secondary N) is 1. The van der Waals surface area contributed by atoms with Crippen molar-refractivity contribution in [2.45, 2.75) is 18.9 Å². The molecule has 1 unspecified atom stereocenters. The summed E-state index contributed by atoms with van der Waals surface area (Å²) in [6.45, 7) is 0. The fourth-order valence-corrected chi connectivity index (χ4v) is 2.60. The second kappa shape index (κ2) is 7.09. The van der Waals surface area contributed by atoms with Crippen molar-refractivity contribution in [1.82, 2.24) is 5.32 Å². The normalized spacial score (nSPS) is 12.4. The van der Waals surface area contributed by atoms with Crippen LogP contribution >= 0.6 is 15.9 Å². The fourth-order valence-electron chi connectivity index (χ4n) is 2.19. The summed E-state index contributed by atoms with van der Waals surface area (Å²) in [6, 6.07) is 7.95. The minimum absolute atomic E-state index is 0.0805. The Balaban J connectivity index is 2.14. The molecule has 0 spiro atoms. The summed E-state index contributed by atoms with van der Waals surface area (Å²) in [5.41, 5.74) is 1.24. The van der Waals surface area contributed by atoms with Crippen LogP contribution in [0.3, 0.4) is 0 Å². The minimum Gasteiger partial charge on any atom is -0.316 e. The van der Waals surface area contributed by atoms with Gasteiger partial charge >= 0.3 is 0 Å². The van der Waals surface area contributed by atoms with E-state index in [1.54, 1.807) is 13.1 Å². The molecule has 0 fully saturated rings. The van der Waals surface area contributed by atoms with Crippen LogP contribution in [-0.2, 0) is 12.8 Å². The van der Waals surface area contributed by atoms with E-state index < -0.39 is 11.6 Å². The number of benzene rings is 2. The van der Waals surface area contributed by atoms with Gasteiger partial charge in [-0.05, 0) is 55.3 Å². The topological polar surface area (TPSA) is 12.0 Å². The van der Waals surface area contributed by atoms with Gasteiger partial charge < -0.3 is 5.32 Å². The Hall–Kier alpha value is -1.33. The highest BCUT2D eigenvalue weighted by Gasteiger charge is 2.14. The first-order chi connectivity index (χ1) is 9.99. The van der Waals surface area contributed by atoms with Crippen LogP contribution in [0.2, 0.25) is 0 Å². The zero-order valence-electron chi connectivity index (χ0n) is 11.5. The summed E-state index contributed by atoms with van der Waals surface area (Å²) in [4.78, 5) is 0. The van der Waals surface area contributed by atoms with E-state index >= 15 is 0 Å². The van der Waals surface area contributed by atoms with Crippen molar-refractivity contribution >= 4 is 15.9 Å². The molecule has 0 amide bonds. The van der Waals surface area contributed by atoms with Gasteiger partial charge in [-0.1, -0.05) is 22.0 Å². The quantitative estimate of drug-likeness (QED) is 0.843. The van der Waals surface area contributed by atoms with Crippen molar-refractivity contribution < 1.29 is 13.2 Å². The molecule has 0 saturated carbocycles. The Morgan fingerprint density at radius 3 is 2.24 bits per heavy atom. The largest absolute Gasteiger partial charge is 0.316 e. The molecule has 0 bridgehead atoms. The van der Waals surface area contributed by atoms with Crippen LogP contribution in [0, 0.1) is 17.5 Å². The highest BCUT2D eigenvalue weighted by Crippen LogP contribution is 2.21. The number of rotatable bonds is 5. The molecule has 0 radical (unpaired) electrons. The van der Waals surface area contributed by atoms with Crippen LogP contribution in [0.5, 0.6) is 0 Å². The van der Waals surface area contributed by atoms with Gasteiger partial charge in [-0.25, -0.2) is 13.2 Å². The van der Waals surface area contributed by atoms with E-state index in [0.29, 0.717) is 18.4 Å². The lowest BCUT2D eigenvalue weighted by atomic mass is 9.98. The molecular formula is C16H15BrF3N. The molecule has 0 heterocycles. The Morgan fingerprint density at radius 1 is 0.952 bits per heavy atom. The lowest BCUT2D eigenvalue weighted by Crippen LogP contribution is -2.30. The summed E-state index contributed by atoms with van der Waals surface area (Å²) in [5, 5.41) is 3.08. The van der Waals surface area contributed by atoms with E-state index in [2.05, 4.69) is 21.2 Å². The summed E-state index contributed by atoms with van der Waals surface area (Å²) < 4.78 is 40.7. The van der Waals surface area contributed by atoms with Crippen molar-refractivity contribution in [2.24, 2.45) is 0 Å². The maximum atomic E-state index is 13.7. The van der Waals surface area contributed by atoms with Gasteiger partial charge in [0.25, 0.3) is 0 Å². The van der Waals surface area contributed by atoms with E-state index in [1.165, 1.54) is 24.3 Å². The minimum atomic E-state index is -0.592. The van der Waals surface area contributed by atoms with Crippen molar-refractivity contribution in [2.75, 3.05) is 7.05 Å². The molecule has 0 aliphatic rings. The van der Waals surface area contributed by atoms with E-state index in [-0.39, 0.29) is 11.9 Å². The van der Waals surface area contributed by atoms with Crippen molar-refractivity contribution in [3.63, 3.8) is 0 Å². The number of halogens is 4. The van der Waals surface area contributed by atoms with Crippen molar-refractivity contribution in [3.8, 4) is 0 Å². The Labute approximate surface area is 130 Å². The maximum Gasteiger partial charge on any atom is 0.129 e. The third-order valence-electron chi connectivity index (χ3n) is 3.36. The van der Waals surface area contributed by atoms with E-state index in [9.17, 15) is 13.2 Å². The summed E-state index contributed by atoms with van der Waals surface area (Å²) in [7, 11) is 1.76. The molecule has 21 heavy (non-hydrogen) atoms. The zero-order valence-corrected chi connectivity index (χ0v) is 13.1. The molecule has 2 aromatic rings. The molecule has 0 aliphatic heterocycles. The molecule has 1 N–H and O–H groups in total.